The third-order valence-corrected chi connectivity index (χ3v) is 6.23. The number of alkyl halides is 1. The quantitative estimate of drug-likeness (QED) is 0.335. The monoisotopic (exact) mass is 380 g/mol. The minimum absolute atomic E-state index is 0.529. The second-order valence-electron chi connectivity index (χ2n) is 4.59. The molecule has 0 fully saturated rings. The summed E-state index contributed by atoms with van der Waals surface area (Å²) in [6, 6.07) is 2.22. The van der Waals surface area contributed by atoms with Crippen molar-refractivity contribution in [2.24, 2.45) is 0 Å². The van der Waals surface area contributed by atoms with Crippen LogP contribution in [0.3, 0.4) is 0 Å². The van der Waals surface area contributed by atoms with Crippen molar-refractivity contribution in [3.8, 4) is 0 Å². The molecule has 0 aliphatic rings. The molecule has 0 N–H and O–H groups in total. The predicted octanol–water partition coefficient (Wildman–Crippen LogP) is 7.01. The molecule has 1 atom stereocenters. The number of unbranched alkanes of at least 4 members (excludes halogenated alkanes) is 5. The summed E-state index contributed by atoms with van der Waals surface area (Å²) in [4.78, 5) is 3.37. The van der Waals surface area contributed by atoms with E-state index < -0.39 is 0 Å². The first-order valence-electron chi connectivity index (χ1n) is 6.55. The van der Waals surface area contributed by atoms with Crippen LogP contribution >= 0.6 is 43.2 Å². The van der Waals surface area contributed by atoms with Crippen molar-refractivity contribution in [3.63, 3.8) is 0 Å². The van der Waals surface area contributed by atoms with E-state index in [0.717, 1.165) is 0 Å². The number of hydrogen-bond acceptors (Lipinski definition) is 1. The second-order valence-corrected chi connectivity index (χ2v) is 7.84. The highest BCUT2D eigenvalue weighted by atomic mass is 79.9. The zero-order valence-corrected chi connectivity index (χ0v) is 14.8. The lowest BCUT2D eigenvalue weighted by atomic mass is 10.1. The highest BCUT2D eigenvalue weighted by molar-refractivity contribution is 9.11. The van der Waals surface area contributed by atoms with E-state index >= 15 is 0 Å². The van der Waals surface area contributed by atoms with Gasteiger partial charge < -0.3 is 0 Å². The van der Waals surface area contributed by atoms with E-state index in [9.17, 15) is 0 Å². The van der Waals surface area contributed by atoms with Crippen LogP contribution in [0.1, 0.15) is 66.5 Å². The Labute approximate surface area is 126 Å². The van der Waals surface area contributed by atoms with Gasteiger partial charge in [-0.2, -0.15) is 0 Å². The summed E-state index contributed by atoms with van der Waals surface area (Å²) in [7, 11) is 0. The summed E-state index contributed by atoms with van der Waals surface area (Å²) >= 11 is 9.36. The van der Waals surface area contributed by atoms with Crippen LogP contribution in [0, 0.1) is 6.92 Å². The van der Waals surface area contributed by atoms with Crippen LogP contribution in [0.4, 0.5) is 0 Å². The molecule has 0 bridgehead atoms. The molecule has 0 amide bonds. The fraction of sp³-hybridized carbons (Fsp3) is 0.714. The highest BCUT2D eigenvalue weighted by Crippen LogP contribution is 2.39. The molecule has 0 saturated heterocycles. The van der Waals surface area contributed by atoms with Gasteiger partial charge in [-0.15, -0.1) is 11.3 Å². The molecule has 98 valence electrons. The molecule has 0 aliphatic carbocycles. The van der Waals surface area contributed by atoms with Crippen LogP contribution in [0.5, 0.6) is 0 Å². The first-order valence-corrected chi connectivity index (χ1v) is 9.07. The van der Waals surface area contributed by atoms with Gasteiger partial charge in [0, 0.05) is 14.2 Å². The van der Waals surface area contributed by atoms with E-state index in [2.05, 4.69) is 51.8 Å². The zero-order valence-electron chi connectivity index (χ0n) is 10.8. The lowest BCUT2D eigenvalue weighted by Gasteiger charge is -2.08. The van der Waals surface area contributed by atoms with Gasteiger partial charge in [-0.3, -0.25) is 0 Å². The summed E-state index contributed by atoms with van der Waals surface area (Å²) in [5, 5.41) is 0. The Morgan fingerprint density at radius 3 is 2.41 bits per heavy atom. The Morgan fingerprint density at radius 1 is 1.18 bits per heavy atom. The van der Waals surface area contributed by atoms with E-state index in [4.69, 9.17) is 0 Å². The van der Waals surface area contributed by atoms with Crippen molar-refractivity contribution < 1.29 is 0 Å². The van der Waals surface area contributed by atoms with Gasteiger partial charge in [0.25, 0.3) is 0 Å². The summed E-state index contributed by atoms with van der Waals surface area (Å²) in [5.74, 6) is 0. The van der Waals surface area contributed by atoms with E-state index in [1.165, 1.54) is 59.2 Å². The summed E-state index contributed by atoms with van der Waals surface area (Å²) < 4.78 is 1.27. The van der Waals surface area contributed by atoms with Gasteiger partial charge in [0.1, 0.15) is 0 Å². The fourth-order valence-corrected chi connectivity index (χ4v) is 5.05. The summed E-state index contributed by atoms with van der Waals surface area (Å²) in [6.07, 6.45) is 9.51. The topological polar surface area (TPSA) is 0 Å². The van der Waals surface area contributed by atoms with Crippen LogP contribution in [0.2, 0.25) is 0 Å². The van der Waals surface area contributed by atoms with Gasteiger partial charge in [-0.25, -0.2) is 0 Å². The van der Waals surface area contributed by atoms with E-state index in [1.54, 1.807) is 0 Å². The Hall–Kier alpha value is 0.660. The highest BCUT2D eigenvalue weighted by Gasteiger charge is 2.13. The maximum absolute atomic E-state index is 3.81. The smallest absolute Gasteiger partial charge is 0.0500 e. The molecule has 0 nitrogen and oxygen atoms in total. The SMILES string of the molecule is CCCCCCCCC(Br)c1sc(C)cc1Br. The van der Waals surface area contributed by atoms with Crippen LogP contribution in [0.15, 0.2) is 10.5 Å². The summed E-state index contributed by atoms with van der Waals surface area (Å²) in [6.45, 7) is 4.44. The van der Waals surface area contributed by atoms with Crippen LogP contribution < -0.4 is 0 Å². The normalized spacial score (nSPS) is 12.9. The lowest BCUT2D eigenvalue weighted by molar-refractivity contribution is 0.589. The predicted molar refractivity (Wildman–Crippen MR) is 86.4 cm³/mol. The van der Waals surface area contributed by atoms with Gasteiger partial charge >= 0.3 is 0 Å². The average molecular weight is 382 g/mol. The van der Waals surface area contributed by atoms with Gasteiger partial charge in [0.2, 0.25) is 0 Å². The van der Waals surface area contributed by atoms with Crippen LogP contribution in [-0.2, 0) is 0 Å². The molecule has 0 spiro atoms. The van der Waals surface area contributed by atoms with Crippen LogP contribution in [0.25, 0.3) is 0 Å². The molecular weight excluding hydrogens is 360 g/mol. The maximum Gasteiger partial charge on any atom is 0.0500 e. The molecule has 0 radical (unpaired) electrons. The number of hydrogen-bond donors (Lipinski definition) is 0. The third kappa shape index (κ3) is 5.89. The molecular formula is C14H22Br2S. The van der Waals surface area contributed by atoms with E-state index in [1.807, 2.05) is 11.3 Å². The van der Waals surface area contributed by atoms with Crippen molar-refractivity contribution in [1.29, 1.82) is 0 Å². The first kappa shape index (κ1) is 15.7. The Balaban J connectivity index is 2.21. The standard InChI is InChI=1S/C14H22Br2S/c1-3-4-5-6-7-8-9-12(15)14-13(16)10-11(2)17-14/h10,12H,3-9H2,1-2H3. The molecule has 1 rings (SSSR count). The number of aryl methyl sites for hydroxylation is 1. The van der Waals surface area contributed by atoms with Crippen molar-refractivity contribution in [3.05, 3.63) is 20.3 Å². The van der Waals surface area contributed by atoms with Crippen molar-refractivity contribution >= 4 is 43.2 Å². The van der Waals surface area contributed by atoms with Crippen molar-refractivity contribution in [2.75, 3.05) is 0 Å². The third-order valence-electron chi connectivity index (χ3n) is 2.93. The Morgan fingerprint density at radius 2 is 1.82 bits per heavy atom. The van der Waals surface area contributed by atoms with Crippen molar-refractivity contribution in [2.45, 2.75) is 63.6 Å². The largest absolute Gasteiger partial charge is 0.143 e. The molecule has 1 unspecified atom stereocenters. The zero-order chi connectivity index (χ0) is 12.7. The first-order chi connectivity index (χ1) is 8.15. The molecule has 3 heteroatoms. The maximum atomic E-state index is 3.81. The Bertz CT molecular complexity index is 320. The number of thiophene rings is 1. The van der Waals surface area contributed by atoms with Gasteiger partial charge in [-0.1, -0.05) is 61.4 Å². The van der Waals surface area contributed by atoms with E-state index in [-0.39, 0.29) is 0 Å². The molecule has 0 aliphatic heterocycles. The summed E-state index contributed by atoms with van der Waals surface area (Å²) in [5.41, 5.74) is 0. The second kappa shape index (κ2) is 8.71. The minimum Gasteiger partial charge on any atom is -0.143 e. The number of rotatable bonds is 8. The molecule has 17 heavy (non-hydrogen) atoms. The van der Waals surface area contributed by atoms with Gasteiger partial charge in [0.15, 0.2) is 0 Å². The molecule has 1 aromatic heterocycles. The fourth-order valence-electron chi connectivity index (χ4n) is 1.95. The lowest BCUT2D eigenvalue weighted by Crippen LogP contribution is -1.88. The van der Waals surface area contributed by atoms with Crippen LogP contribution in [-0.4, -0.2) is 0 Å². The van der Waals surface area contributed by atoms with Gasteiger partial charge in [-0.05, 0) is 35.3 Å². The molecule has 0 aromatic carbocycles. The number of halogens is 2. The minimum atomic E-state index is 0.529. The molecule has 1 aromatic rings. The Kier molecular flexibility index (Phi) is 8.05. The van der Waals surface area contributed by atoms with Gasteiger partial charge in [0.05, 0.1) is 4.83 Å². The molecule has 0 saturated carbocycles. The van der Waals surface area contributed by atoms with Crippen molar-refractivity contribution in [1.82, 2.24) is 0 Å². The van der Waals surface area contributed by atoms with E-state index in [0.29, 0.717) is 4.83 Å². The average Bonchev–Trinajstić information content (AvgIpc) is 2.62. The molecule has 1 heterocycles.